The van der Waals surface area contributed by atoms with E-state index in [4.69, 9.17) is 4.74 Å². The zero-order valence-electron chi connectivity index (χ0n) is 7.20. The first-order valence-corrected chi connectivity index (χ1v) is 3.82. The highest BCUT2D eigenvalue weighted by Crippen LogP contribution is 2.15. The third kappa shape index (κ3) is 1.81. The maximum Gasteiger partial charge on any atom is 0.151 e. The standard InChI is InChI=1S/C9H11NO2/c1-3-12-9-4-8(6-11)5-10-7(9)2/h4-6H,3H2,1-2H3. The Morgan fingerprint density at radius 3 is 3.00 bits per heavy atom. The molecule has 0 atom stereocenters. The maximum atomic E-state index is 10.4. The van der Waals surface area contributed by atoms with Crippen LogP contribution in [-0.4, -0.2) is 17.9 Å². The van der Waals surface area contributed by atoms with Crippen LogP contribution in [0.3, 0.4) is 0 Å². The van der Waals surface area contributed by atoms with Crippen molar-refractivity contribution >= 4 is 6.29 Å². The molecule has 0 fully saturated rings. The van der Waals surface area contributed by atoms with E-state index in [-0.39, 0.29) is 0 Å². The molecule has 0 aliphatic heterocycles. The first kappa shape index (κ1) is 8.71. The molecule has 1 aromatic rings. The minimum Gasteiger partial charge on any atom is -0.492 e. The highest BCUT2D eigenvalue weighted by Gasteiger charge is 2.00. The van der Waals surface area contributed by atoms with Crippen LogP contribution in [0.25, 0.3) is 0 Å². The summed E-state index contributed by atoms with van der Waals surface area (Å²) >= 11 is 0. The smallest absolute Gasteiger partial charge is 0.151 e. The molecule has 3 nitrogen and oxygen atoms in total. The summed E-state index contributed by atoms with van der Waals surface area (Å²) in [5, 5.41) is 0. The van der Waals surface area contributed by atoms with Crippen LogP contribution in [0.4, 0.5) is 0 Å². The van der Waals surface area contributed by atoms with Crippen LogP contribution in [0, 0.1) is 6.92 Å². The lowest BCUT2D eigenvalue weighted by atomic mass is 10.2. The van der Waals surface area contributed by atoms with Crippen molar-refractivity contribution in [1.29, 1.82) is 0 Å². The Kier molecular flexibility index (Phi) is 2.80. The second-order valence-corrected chi connectivity index (χ2v) is 2.40. The third-order valence-electron chi connectivity index (χ3n) is 1.50. The van der Waals surface area contributed by atoms with Gasteiger partial charge < -0.3 is 4.74 Å². The molecular weight excluding hydrogens is 154 g/mol. The maximum absolute atomic E-state index is 10.4. The van der Waals surface area contributed by atoms with E-state index in [9.17, 15) is 4.79 Å². The Morgan fingerprint density at radius 1 is 1.67 bits per heavy atom. The van der Waals surface area contributed by atoms with Gasteiger partial charge in [-0.2, -0.15) is 0 Å². The molecule has 0 radical (unpaired) electrons. The van der Waals surface area contributed by atoms with Gasteiger partial charge in [-0.25, -0.2) is 0 Å². The number of hydrogen-bond donors (Lipinski definition) is 0. The van der Waals surface area contributed by atoms with E-state index in [0.29, 0.717) is 17.9 Å². The molecular formula is C9H11NO2. The molecule has 1 heterocycles. The van der Waals surface area contributed by atoms with Crippen molar-refractivity contribution in [2.75, 3.05) is 6.61 Å². The van der Waals surface area contributed by atoms with Gasteiger partial charge in [-0.05, 0) is 19.9 Å². The largest absolute Gasteiger partial charge is 0.492 e. The van der Waals surface area contributed by atoms with Crippen LogP contribution in [-0.2, 0) is 0 Å². The molecule has 1 rings (SSSR count). The fraction of sp³-hybridized carbons (Fsp3) is 0.333. The Hall–Kier alpha value is -1.38. The molecule has 64 valence electrons. The summed E-state index contributed by atoms with van der Waals surface area (Å²) in [6.45, 7) is 4.33. The summed E-state index contributed by atoms with van der Waals surface area (Å²) in [7, 11) is 0. The van der Waals surface area contributed by atoms with E-state index >= 15 is 0 Å². The van der Waals surface area contributed by atoms with Gasteiger partial charge in [0.15, 0.2) is 6.29 Å². The van der Waals surface area contributed by atoms with Gasteiger partial charge >= 0.3 is 0 Å². The summed E-state index contributed by atoms with van der Waals surface area (Å²) in [5.74, 6) is 0.683. The van der Waals surface area contributed by atoms with Gasteiger partial charge in [0.1, 0.15) is 5.75 Å². The number of rotatable bonds is 3. The van der Waals surface area contributed by atoms with Gasteiger partial charge in [0.25, 0.3) is 0 Å². The van der Waals surface area contributed by atoms with E-state index < -0.39 is 0 Å². The highest BCUT2D eigenvalue weighted by atomic mass is 16.5. The second-order valence-electron chi connectivity index (χ2n) is 2.40. The zero-order chi connectivity index (χ0) is 8.97. The molecule has 12 heavy (non-hydrogen) atoms. The average molecular weight is 165 g/mol. The van der Waals surface area contributed by atoms with Gasteiger partial charge in [0.2, 0.25) is 0 Å². The number of carbonyl (C=O) groups is 1. The summed E-state index contributed by atoms with van der Waals surface area (Å²) < 4.78 is 5.26. The number of nitrogens with zero attached hydrogens (tertiary/aromatic N) is 1. The Bertz CT molecular complexity index is 284. The van der Waals surface area contributed by atoms with Crippen molar-refractivity contribution in [1.82, 2.24) is 4.98 Å². The molecule has 0 aliphatic rings. The molecule has 0 unspecified atom stereocenters. The lowest BCUT2D eigenvalue weighted by molar-refractivity contribution is 0.112. The predicted octanol–water partition coefficient (Wildman–Crippen LogP) is 1.60. The molecule has 0 saturated carbocycles. The van der Waals surface area contributed by atoms with Crippen molar-refractivity contribution in [3.05, 3.63) is 23.5 Å². The lowest BCUT2D eigenvalue weighted by Crippen LogP contribution is -1.97. The van der Waals surface area contributed by atoms with E-state index in [1.165, 1.54) is 6.20 Å². The monoisotopic (exact) mass is 165 g/mol. The highest BCUT2D eigenvalue weighted by molar-refractivity contribution is 5.74. The van der Waals surface area contributed by atoms with Crippen molar-refractivity contribution in [2.24, 2.45) is 0 Å². The van der Waals surface area contributed by atoms with Crippen molar-refractivity contribution in [2.45, 2.75) is 13.8 Å². The quantitative estimate of drug-likeness (QED) is 0.638. The molecule has 3 heteroatoms. The normalized spacial score (nSPS) is 9.50. The van der Waals surface area contributed by atoms with Gasteiger partial charge in [-0.1, -0.05) is 0 Å². The van der Waals surface area contributed by atoms with E-state index in [1.54, 1.807) is 6.07 Å². The fourth-order valence-corrected chi connectivity index (χ4v) is 0.894. The summed E-state index contributed by atoms with van der Waals surface area (Å²) in [6, 6.07) is 1.69. The molecule has 0 N–H and O–H groups in total. The first-order valence-electron chi connectivity index (χ1n) is 3.82. The minimum absolute atomic E-state index is 0.545. The second kappa shape index (κ2) is 3.85. The Morgan fingerprint density at radius 2 is 2.42 bits per heavy atom. The lowest BCUT2D eigenvalue weighted by Gasteiger charge is -2.05. The SMILES string of the molecule is CCOc1cc(C=O)cnc1C. The van der Waals surface area contributed by atoms with Crippen LogP contribution in [0.1, 0.15) is 23.0 Å². The number of aromatic nitrogens is 1. The fourth-order valence-electron chi connectivity index (χ4n) is 0.894. The van der Waals surface area contributed by atoms with Crippen LogP contribution < -0.4 is 4.74 Å². The van der Waals surface area contributed by atoms with Crippen LogP contribution in [0.5, 0.6) is 5.75 Å². The van der Waals surface area contributed by atoms with Gasteiger partial charge in [-0.3, -0.25) is 9.78 Å². The number of hydrogen-bond acceptors (Lipinski definition) is 3. The first-order chi connectivity index (χ1) is 5.77. The van der Waals surface area contributed by atoms with E-state index in [0.717, 1.165) is 12.0 Å². The molecule has 0 aliphatic carbocycles. The van der Waals surface area contributed by atoms with Crippen molar-refractivity contribution in [3.8, 4) is 5.75 Å². The Balaban J connectivity index is 2.99. The van der Waals surface area contributed by atoms with Crippen molar-refractivity contribution < 1.29 is 9.53 Å². The van der Waals surface area contributed by atoms with E-state index in [2.05, 4.69) is 4.98 Å². The molecule has 0 aromatic carbocycles. The number of aldehydes is 1. The van der Waals surface area contributed by atoms with Crippen molar-refractivity contribution in [3.63, 3.8) is 0 Å². The van der Waals surface area contributed by atoms with Gasteiger partial charge in [-0.15, -0.1) is 0 Å². The molecule has 0 spiro atoms. The minimum atomic E-state index is 0.545. The molecule has 0 bridgehead atoms. The van der Waals surface area contributed by atoms with Gasteiger partial charge in [0, 0.05) is 11.8 Å². The van der Waals surface area contributed by atoms with Crippen LogP contribution in [0.15, 0.2) is 12.3 Å². The molecule has 1 aromatic heterocycles. The summed E-state index contributed by atoms with van der Waals surface area (Å²) in [6.07, 6.45) is 2.29. The molecule has 0 amide bonds. The topological polar surface area (TPSA) is 39.2 Å². The predicted molar refractivity (Wildman–Crippen MR) is 45.5 cm³/mol. The number of carbonyl (C=O) groups excluding carboxylic acids is 1. The Labute approximate surface area is 71.4 Å². The van der Waals surface area contributed by atoms with Crippen LogP contribution in [0.2, 0.25) is 0 Å². The number of pyridine rings is 1. The zero-order valence-corrected chi connectivity index (χ0v) is 7.20. The number of aryl methyl sites for hydroxylation is 1. The van der Waals surface area contributed by atoms with Crippen LogP contribution >= 0.6 is 0 Å². The van der Waals surface area contributed by atoms with Gasteiger partial charge in [0.05, 0.1) is 12.3 Å². The third-order valence-corrected chi connectivity index (χ3v) is 1.50. The summed E-state index contributed by atoms with van der Waals surface area (Å²) in [4.78, 5) is 14.4. The van der Waals surface area contributed by atoms with E-state index in [1.807, 2.05) is 13.8 Å². The summed E-state index contributed by atoms with van der Waals surface area (Å²) in [5.41, 5.74) is 1.35. The molecule has 0 saturated heterocycles. The number of ether oxygens (including phenoxy) is 1. The average Bonchev–Trinajstić information content (AvgIpc) is 2.09.